The Labute approximate surface area is 115 Å². The summed E-state index contributed by atoms with van der Waals surface area (Å²) in [5.74, 6) is 0.853. The minimum absolute atomic E-state index is 0.419. The first-order chi connectivity index (χ1) is 8.65. The fraction of sp³-hybridized carbons (Fsp3) is 0.417. The molecule has 0 saturated heterocycles. The molecule has 0 aliphatic carbocycles. The largest absolute Gasteiger partial charge is 0.308 e. The number of rotatable bonds is 5. The van der Waals surface area contributed by atoms with E-state index in [1.807, 2.05) is 16.8 Å². The van der Waals surface area contributed by atoms with Crippen LogP contribution in [0.25, 0.3) is 0 Å². The zero-order chi connectivity index (χ0) is 13.0. The number of tetrazole rings is 1. The number of hydrogen-bond donors (Lipinski definition) is 1. The molecule has 0 unspecified atom stereocenters. The van der Waals surface area contributed by atoms with Gasteiger partial charge in [0, 0.05) is 10.5 Å². The zero-order valence-electron chi connectivity index (χ0n) is 10.5. The molecule has 6 heteroatoms. The Kier molecular flexibility index (Phi) is 4.43. The van der Waals surface area contributed by atoms with Crippen molar-refractivity contribution in [3.05, 3.63) is 40.1 Å². The number of hydrogen-bond acceptors (Lipinski definition) is 4. The SMILES string of the molecule is CC(C)NCc1nnnn1Cc1ccc(Br)cc1. The molecule has 1 aromatic heterocycles. The van der Waals surface area contributed by atoms with Crippen molar-refractivity contribution >= 4 is 15.9 Å². The summed E-state index contributed by atoms with van der Waals surface area (Å²) in [6.45, 7) is 5.57. The van der Waals surface area contributed by atoms with Crippen LogP contribution in [0.5, 0.6) is 0 Å². The lowest BCUT2D eigenvalue weighted by Gasteiger charge is -2.08. The predicted octanol–water partition coefficient (Wildman–Crippen LogP) is 1.98. The Hall–Kier alpha value is -1.27. The second kappa shape index (κ2) is 6.06. The van der Waals surface area contributed by atoms with Crippen LogP contribution >= 0.6 is 15.9 Å². The second-order valence-electron chi connectivity index (χ2n) is 4.41. The molecule has 2 rings (SSSR count). The van der Waals surface area contributed by atoms with Crippen molar-refractivity contribution in [2.24, 2.45) is 0 Å². The van der Waals surface area contributed by atoms with Crippen LogP contribution < -0.4 is 5.32 Å². The molecule has 0 aliphatic heterocycles. The lowest BCUT2D eigenvalue weighted by atomic mass is 10.2. The molecule has 96 valence electrons. The fourth-order valence-electron chi connectivity index (χ4n) is 1.53. The quantitative estimate of drug-likeness (QED) is 0.917. The van der Waals surface area contributed by atoms with E-state index in [9.17, 15) is 0 Å². The third-order valence-corrected chi connectivity index (χ3v) is 3.05. The molecule has 0 saturated carbocycles. The van der Waals surface area contributed by atoms with Gasteiger partial charge in [0.25, 0.3) is 0 Å². The van der Waals surface area contributed by atoms with Crippen molar-refractivity contribution in [3.63, 3.8) is 0 Å². The number of nitrogens with one attached hydrogen (secondary N) is 1. The molecule has 0 spiro atoms. The summed E-state index contributed by atoms with van der Waals surface area (Å²) in [7, 11) is 0. The third kappa shape index (κ3) is 3.61. The Bertz CT molecular complexity index is 491. The summed E-state index contributed by atoms with van der Waals surface area (Å²) >= 11 is 3.42. The van der Waals surface area contributed by atoms with Gasteiger partial charge in [-0.3, -0.25) is 0 Å². The topological polar surface area (TPSA) is 55.6 Å². The number of halogens is 1. The maximum absolute atomic E-state index is 4.03. The molecular formula is C12H16BrN5. The number of benzene rings is 1. The normalized spacial score (nSPS) is 11.1. The minimum atomic E-state index is 0.419. The van der Waals surface area contributed by atoms with Crippen molar-refractivity contribution < 1.29 is 0 Å². The van der Waals surface area contributed by atoms with E-state index in [4.69, 9.17) is 0 Å². The molecule has 0 atom stereocenters. The lowest BCUT2D eigenvalue weighted by molar-refractivity contribution is 0.537. The van der Waals surface area contributed by atoms with E-state index < -0.39 is 0 Å². The lowest BCUT2D eigenvalue weighted by Crippen LogP contribution is -2.24. The van der Waals surface area contributed by atoms with Gasteiger partial charge >= 0.3 is 0 Å². The van der Waals surface area contributed by atoms with Crippen molar-refractivity contribution in [1.82, 2.24) is 25.5 Å². The Morgan fingerprint density at radius 3 is 2.67 bits per heavy atom. The van der Waals surface area contributed by atoms with Gasteiger partial charge in [0.1, 0.15) is 0 Å². The molecule has 0 aliphatic rings. The summed E-state index contributed by atoms with van der Waals surface area (Å²) in [5, 5.41) is 15.1. The highest BCUT2D eigenvalue weighted by Crippen LogP contribution is 2.11. The maximum Gasteiger partial charge on any atom is 0.165 e. The molecule has 0 radical (unpaired) electrons. The van der Waals surface area contributed by atoms with Gasteiger partial charge in [-0.2, -0.15) is 0 Å². The van der Waals surface area contributed by atoms with Gasteiger partial charge in [-0.05, 0) is 28.1 Å². The highest BCUT2D eigenvalue weighted by atomic mass is 79.9. The van der Waals surface area contributed by atoms with Crippen LogP contribution in [0.1, 0.15) is 25.2 Å². The average Bonchev–Trinajstić information content (AvgIpc) is 2.77. The van der Waals surface area contributed by atoms with Crippen molar-refractivity contribution in [1.29, 1.82) is 0 Å². The smallest absolute Gasteiger partial charge is 0.165 e. The van der Waals surface area contributed by atoms with Gasteiger partial charge in [0.05, 0.1) is 13.1 Å². The minimum Gasteiger partial charge on any atom is -0.308 e. The van der Waals surface area contributed by atoms with Crippen molar-refractivity contribution in [2.75, 3.05) is 0 Å². The highest BCUT2D eigenvalue weighted by molar-refractivity contribution is 9.10. The first kappa shape index (κ1) is 13.2. The van der Waals surface area contributed by atoms with Gasteiger partial charge in [0.15, 0.2) is 5.82 Å². The third-order valence-electron chi connectivity index (χ3n) is 2.52. The molecule has 0 amide bonds. The van der Waals surface area contributed by atoms with E-state index in [0.717, 1.165) is 10.3 Å². The average molecular weight is 310 g/mol. The van der Waals surface area contributed by atoms with Crippen LogP contribution in [0.2, 0.25) is 0 Å². The molecular weight excluding hydrogens is 294 g/mol. The molecule has 1 aromatic carbocycles. The monoisotopic (exact) mass is 309 g/mol. The van der Waals surface area contributed by atoms with Crippen molar-refractivity contribution in [2.45, 2.75) is 33.0 Å². The fourth-order valence-corrected chi connectivity index (χ4v) is 1.80. The van der Waals surface area contributed by atoms with E-state index >= 15 is 0 Å². The molecule has 0 bridgehead atoms. The van der Waals surface area contributed by atoms with E-state index in [-0.39, 0.29) is 0 Å². The maximum atomic E-state index is 4.03. The summed E-state index contributed by atoms with van der Waals surface area (Å²) in [4.78, 5) is 0. The van der Waals surface area contributed by atoms with Crippen LogP contribution in [0.4, 0.5) is 0 Å². The second-order valence-corrected chi connectivity index (χ2v) is 5.33. The molecule has 1 heterocycles. The first-order valence-electron chi connectivity index (χ1n) is 5.88. The highest BCUT2D eigenvalue weighted by Gasteiger charge is 2.06. The van der Waals surface area contributed by atoms with Gasteiger partial charge in [0.2, 0.25) is 0 Å². The summed E-state index contributed by atoms with van der Waals surface area (Å²) in [5.41, 5.74) is 1.18. The Morgan fingerprint density at radius 2 is 2.00 bits per heavy atom. The van der Waals surface area contributed by atoms with Crippen molar-refractivity contribution in [3.8, 4) is 0 Å². The zero-order valence-corrected chi connectivity index (χ0v) is 12.1. The van der Waals surface area contributed by atoms with Gasteiger partial charge < -0.3 is 5.32 Å². The molecule has 0 fully saturated rings. The van der Waals surface area contributed by atoms with E-state index in [1.54, 1.807) is 0 Å². The first-order valence-corrected chi connectivity index (χ1v) is 6.67. The Morgan fingerprint density at radius 1 is 1.28 bits per heavy atom. The molecule has 2 aromatic rings. The summed E-state index contributed by atoms with van der Waals surface area (Å²) < 4.78 is 2.89. The molecule has 5 nitrogen and oxygen atoms in total. The van der Waals surface area contributed by atoms with Gasteiger partial charge in [-0.15, -0.1) is 5.10 Å². The predicted molar refractivity (Wildman–Crippen MR) is 73.0 cm³/mol. The van der Waals surface area contributed by atoms with Crippen LogP contribution in [0.3, 0.4) is 0 Å². The molecule has 18 heavy (non-hydrogen) atoms. The standard InChI is InChI=1S/C12H16BrN5/c1-9(2)14-7-12-15-16-17-18(12)8-10-3-5-11(13)6-4-10/h3-6,9,14H,7-8H2,1-2H3. The van der Waals surface area contributed by atoms with E-state index in [2.05, 4.69) is 62.8 Å². The molecule has 1 N–H and O–H groups in total. The van der Waals surface area contributed by atoms with Gasteiger partial charge in [-0.1, -0.05) is 41.9 Å². The number of aromatic nitrogens is 4. The summed E-state index contributed by atoms with van der Waals surface area (Å²) in [6.07, 6.45) is 0. The van der Waals surface area contributed by atoms with Crippen LogP contribution in [0, 0.1) is 0 Å². The van der Waals surface area contributed by atoms with Gasteiger partial charge in [-0.25, -0.2) is 4.68 Å². The van der Waals surface area contributed by atoms with Crippen LogP contribution in [0.15, 0.2) is 28.7 Å². The van der Waals surface area contributed by atoms with E-state index in [0.29, 0.717) is 19.1 Å². The van der Waals surface area contributed by atoms with Crippen LogP contribution in [-0.4, -0.2) is 26.2 Å². The van der Waals surface area contributed by atoms with Crippen LogP contribution in [-0.2, 0) is 13.1 Å². The Balaban J connectivity index is 2.05. The number of nitrogens with zero attached hydrogens (tertiary/aromatic N) is 4. The summed E-state index contributed by atoms with van der Waals surface area (Å²) in [6, 6.07) is 8.58. The van der Waals surface area contributed by atoms with E-state index in [1.165, 1.54) is 5.56 Å².